The molecule has 1 aromatic heterocycles. The number of aromatic nitrogens is 1. The summed E-state index contributed by atoms with van der Waals surface area (Å²) < 4.78 is 0. The van der Waals surface area contributed by atoms with Gasteiger partial charge in [-0.2, -0.15) is 0 Å². The first kappa shape index (κ1) is 14.6. The van der Waals surface area contributed by atoms with E-state index in [4.69, 9.17) is 22.4 Å². The molecular weight excluding hydrogens is 282 g/mol. The van der Waals surface area contributed by atoms with Gasteiger partial charge in [-0.25, -0.2) is 9.78 Å². The van der Waals surface area contributed by atoms with Crippen LogP contribution in [0.15, 0.2) is 12.1 Å². The average Bonchev–Trinajstić information content (AvgIpc) is 2.38. The fraction of sp³-hybridized carbons (Fsp3) is 0.462. The van der Waals surface area contributed by atoms with Gasteiger partial charge in [-0.05, 0) is 30.9 Å². The molecular formula is C13H16ClN3O3. The summed E-state index contributed by atoms with van der Waals surface area (Å²) >= 11 is 5.85. The minimum Gasteiger partial charge on any atom is -0.478 e. The number of carbonyl (C=O) groups is 2. The molecule has 0 spiro atoms. The lowest BCUT2D eigenvalue weighted by molar-refractivity contribution is -0.119. The molecule has 2 rings (SSSR count). The number of amides is 1. The van der Waals surface area contributed by atoms with E-state index in [0.717, 1.165) is 12.8 Å². The van der Waals surface area contributed by atoms with Gasteiger partial charge in [0.05, 0.1) is 5.56 Å². The first-order valence-electron chi connectivity index (χ1n) is 6.40. The minimum atomic E-state index is -1.03. The summed E-state index contributed by atoms with van der Waals surface area (Å²) in [6, 6.07) is 2.84. The molecule has 20 heavy (non-hydrogen) atoms. The highest BCUT2D eigenvalue weighted by atomic mass is 35.5. The third-order valence-corrected chi connectivity index (χ3v) is 3.65. The van der Waals surface area contributed by atoms with Gasteiger partial charge in [-0.15, -0.1) is 0 Å². The Bertz CT molecular complexity index is 528. The molecule has 6 nitrogen and oxygen atoms in total. The zero-order valence-electron chi connectivity index (χ0n) is 10.9. The Morgan fingerprint density at radius 2 is 2.05 bits per heavy atom. The molecule has 0 aliphatic carbocycles. The topological polar surface area (TPSA) is 96.5 Å². The van der Waals surface area contributed by atoms with Crippen LogP contribution >= 0.6 is 11.6 Å². The fourth-order valence-corrected chi connectivity index (χ4v) is 2.62. The summed E-state index contributed by atoms with van der Waals surface area (Å²) in [4.78, 5) is 28.0. The molecule has 1 fully saturated rings. The largest absolute Gasteiger partial charge is 0.478 e. The second-order valence-corrected chi connectivity index (χ2v) is 5.33. The van der Waals surface area contributed by atoms with E-state index in [1.54, 1.807) is 0 Å². The number of anilines is 1. The summed E-state index contributed by atoms with van der Waals surface area (Å²) in [6.45, 7) is 1.43. The van der Waals surface area contributed by atoms with Gasteiger partial charge in [0, 0.05) is 19.5 Å². The number of nitrogens with two attached hydrogens (primary N) is 1. The maximum atomic E-state index is 11.0. The molecule has 1 aliphatic heterocycles. The van der Waals surface area contributed by atoms with E-state index in [-0.39, 0.29) is 16.6 Å². The molecule has 1 aromatic rings. The number of nitrogens with zero attached hydrogens (tertiary/aromatic N) is 2. The van der Waals surface area contributed by atoms with Crippen LogP contribution in [-0.4, -0.2) is 35.1 Å². The number of primary amides is 1. The third-order valence-electron chi connectivity index (χ3n) is 3.46. The van der Waals surface area contributed by atoms with E-state index >= 15 is 0 Å². The number of carboxylic acid groups (broad SMARTS) is 1. The van der Waals surface area contributed by atoms with Gasteiger partial charge >= 0.3 is 5.97 Å². The van der Waals surface area contributed by atoms with Gasteiger partial charge in [-0.1, -0.05) is 11.6 Å². The van der Waals surface area contributed by atoms with E-state index in [2.05, 4.69) is 4.98 Å². The Balaban J connectivity index is 2.07. The summed E-state index contributed by atoms with van der Waals surface area (Å²) in [7, 11) is 0. The summed E-state index contributed by atoms with van der Waals surface area (Å²) in [5.74, 6) is -0.453. The Labute approximate surface area is 121 Å². The zero-order chi connectivity index (χ0) is 14.7. The van der Waals surface area contributed by atoms with Crippen LogP contribution in [-0.2, 0) is 4.79 Å². The van der Waals surface area contributed by atoms with E-state index in [0.29, 0.717) is 31.2 Å². The lowest BCUT2D eigenvalue weighted by atomic mass is 9.93. The molecule has 1 amide bonds. The van der Waals surface area contributed by atoms with Gasteiger partial charge in [0.2, 0.25) is 5.91 Å². The number of rotatable bonds is 4. The highest BCUT2D eigenvalue weighted by Gasteiger charge is 2.22. The van der Waals surface area contributed by atoms with Gasteiger partial charge < -0.3 is 15.7 Å². The quantitative estimate of drug-likeness (QED) is 0.821. The van der Waals surface area contributed by atoms with Gasteiger partial charge in [0.15, 0.2) is 0 Å². The summed E-state index contributed by atoms with van der Waals surface area (Å²) in [6.07, 6.45) is 2.07. The molecule has 2 heterocycles. The predicted molar refractivity (Wildman–Crippen MR) is 75.0 cm³/mol. The minimum absolute atomic E-state index is 0.124. The van der Waals surface area contributed by atoms with Crippen LogP contribution < -0.4 is 10.6 Å². The van der Waals surface area contributed by atoms with Crippen LogP contribution in [0, 0.1) is 5.92 Å². The Kier molecular flexibility index (Phi) is 4.44. The van der Waals surface area contributed by atoms with E-state index in [1.807, 2.05) is 4.90 Å². The van der Waals surface area contributed by atoms with Crippen LogP contribution in [0.2, 0.25) is 5.15 Å². The van der Waals surface area contributed by atoms with Gasteiger partial charge in [0.1, 0.15) is 11.0 Å². The van der Waals surface area contributed by atoms with Crippen molar-refractivity contribution in [3.05, 3.63) is 22.8 Å². The van der Waals surface area contributed by atoms with Crippen LogP contribution in [0.1, 0.15) is 29.6 Å². The zero-order valence-corrected chi connectivity index (χ0v) is 11.6. The van der Waals surface area contributed by atoms with Crippen molar-refractivity contribution in [2.24, 2.45) is 11.7 Å². The number of pyridine rings is 1. The van der Waals surface area contributed by atoms with E-state index in [9.17, 15) is 9.59 Å². The van der Waals surface area contributed by atoms with Crippen molar-refractivity contribution in [3.8, 4) is 0 Å². The standard InChI is InChI=1S/C13H16ClN3O3/c14-10-6-9(13(19)20)7-12(16-10)17-3-1-8(2-4-17)5-11(15)18/h6-8H,1-5H2,(H2,15,18)(H,19,20). The number of hydrogen-bond acceptors (Lipinski definition) is 4. The molecule has 0 atom stereocenters. The maximum Gasteiger partial charge on any atom is 0.335 e. The SMILES string of the molecule is NC(=O)CC1CCN(c2cc(C(=O)O)cc(Cl)n2)CC1. The molecule has 0 saturated carbocycles. The van der Waals surface area contributed by atoms with Crippen molar-refractivity contribution in [1.82, 2.24) is 4.98 Å². The number of carbonyl (C=O) groups excluding carboxylic acids is 1. The maximum absolute atomic E-state index is 11.0. The Morgan fingerprint density at radius 1 is 1.40 bits per heavy atom. The average molecular weight is 298 g/mol. The second kappa shape index (κ2) is 6.09. The number of halogens is 1. The first-order valence-corrected chi connectivity index (χ1v) is 6.77. The third kappa shape index (κ3) is 3.60. The van der Waals surface area contributed by atoms with Crippen LogP contribution in [0.25, 0.3) is 0 Å². The summed E-state index contributed by atoms with van der Waals surface area (Å²) in [5.41, 5.74) is 5.32. The predicted octanol–water partition coefficient (Wildman–Crippen LogP) is 1.52. The molecule has 1 saturated heterocycles. The summed E-state index contributed by atoms with van der Waals surface area (Å²) in [5, 5.41) is 9.18. The monoisotopic (exact) mass is 297 g/mol. The number of aromatic carboxylic acids is 1. The van der Waals surface area contributed by atoms with E-state index < -0.39 is 5.97 Å². The van der Waals surface area contributed by atoms with Gasteiger partial charge in [0.25, 0.3) is 0 Å². The fourth-order valence-electron chi connectivity index (χ4n) is 2.42. The smallest absolute Gasteiger partial charge is 0.335 e. The van der Waals surface area contributed by atoms with Crippen molar-refractivity contribution < 1.29 is 14.7 Å². The second-order valence-electron chi connectivity index (χ2n) is 4.94. The van der Waals surface area contributed by atoms with E-state index in [1.165, 1.54) is 12.1 Å². The van der Waals surface area contributed by atoms with Crippen molar-refractivity contribution in [2.45, 2.75) is 19.3 Å². The first-order chi connectivity index (χ1) is 9.45. The van der Waals surface area contributed by atoms with Crippen LogP contribution in [0.5, 0.6) is 0 Å². The molecule has 108 valence electrons. The lowest BCUT2D eigenvalue weighted by Gasteiger charge is -2.32. The Morgan fingerprint density at radius 3 is 2.60 bits per heavy atom. The molecule has 0 unspecified atom stereocenters. The van der Waals surface area contributed by atoms with Gasteiger partial charge in [-0.3, -0.25) is 4.79 Å². The molecule has 0 aromatic carbocycles. The molecule has 7 heteroatoms. The van der Waals surface area contributed by atoms with Crippen molar-refractivity contribution in [2.75, 3.05) is 18.0 Å². The van der Waals surface area contributed by atoms with Crippen molar-refractivity contribution >= 4 is 29.3 Å². The number of hydrogen-bond donors (Lipinski definition) is 2. The number of carboxylic acids is 1. The molecule has 0 bridgehead atoms. The van der Waals surface area contributed by atoms with Crippen LogP contribution in [0.4, 0.5) is 5.82 Å². The van der Waals surface area contributed by atoms with Crippen molar-refractivity contribution in [3.63, 3.8) is 0 Å². The number of piperidine rings is 1. The molecule has 1 aliphatic rings. The molecule has 3 N–H and O–H groups in total. The highest BCUT2D eigenvalue weighted by Crippen LogP contribution is 2.25. The molecule has 0 radical (unpaired) electrons. The normalized spacial score (nSPS) is 16.1. The Hall–Kier alpha value is -1.82. The van der Waals surface area contributed by atoms with Crippen molar-refractivity contribution in [1.29, 1.82) is 0 Å². The van der Waals surface area contributed by atoms with Crippen LogP contribution in [0.3, 0.4) is 0 Å². The highest BCUT2D eigenvalue weighted by molar-refractivity contribution is 6.29. The lowest BCUT2D eigenvalue weighted by Crippen LogP contribution is -2.35.